The number of likely N-dealkylation sites (N-methyl/N-ethyl adjacent to an activating group) is 1. The lowest BCUT2D eigenvalue weighted by Crippen LogP contribution is -2.40. The minimum Gasteiger partial charge on any atom is -0.493 e. The van der Waals surface area contributed by atoms with Gasteiger partial charge in [0.2, 0.25) is 5.91 Å². The number of methoxy groups -OCH3 is 2. The predicted octanol–water partition coefficient (Wildman–Crippen LogP) is 3.48. The van der Waals surface area contributed by atoms with Crippen LogP contribution in [0.5, 0.6) is 11.5 Å². The minimum absolute atomic E-state index is 0.221. The zero-order valence-electron chi connectivity index (χ0n) is 15.9. The second-order valence-electron chi connectivity index (χ2n) is 6.21. The van der Waals surface area contributed by atoms with Crippen LogP contribution in [0.4, 0.5) is 14.5 Å². The fourth-order valence-electron chi connectivity index (χ4n) is 2.56. The van der Waals surface area contributed by atoms with Crippen molar-refractivity contribution in [2.75, 3.05) is 33.1 Å². The molecular formula is C20H24F2N2O3. The van der Waals surface area contributed by atoms with Crippen molar-refractivity contribution in [2.24, 2.45) is 0 Å². The van der Waals surface area contributed by atoms with Crippen molar-refractivity contribution in [2.45, 2.75) is 19.4 Å². The van der Waals surface area contributed by atoms with Crippen LogP contribution in [0.25, 0.3) is 0 Å². The molecule has 1 amide bonds. The normalized spacial score (nSPS) is 12.0. The van der Waals surface area contributed by atoms with Crippen LogP contribution >= 0.6 is 0 Å². The van der Waals surface area contributed by atoms with Crippen LogP contribution in [0, 0.1) is 11.6 Å². The van der Waals surface area contributed by atoms with Crippen LogP contribution in [-0.2, 0) is 11.2 Å². The summed E-state index contributed by atoms with van der Waals surface area (Å²) in [7, 11) is 4.99. The zero-order valence-corrected chi connectivity index (χ0v) is 15.9. The molecule has 0 aliphatic rings. The summed E-state index contributed by atoms with van der Waals surface area (Å²) in [6.07, 6.45) is 0.708. The summed E-state index contributed by atoms with van der Waals surface area (Å²) in [5, 5.41) is 2.60. The molecule has 0 saturated heterocycles. The van der Waals surface area contributed by atoms with Gasteiger partial charge in [0, 0.05) is 18.3 Å². The van der Waals surface area contributed by atoms with E-state index in [2.05, 4.69) is 5.32 Å². The lowest BCUT2D eigenvalue weighted by Gasteiger charge is -2.24. The highest BCUT2D eigenvalue weighted by atomic mass is 19.2. The number of hydrogen-bond acceptors (Lipinski definition) is 4. The summed E-state index contributed by atoms with van der Waals surface area (Å²) in [5.41, 5.74) is 1.27. The first kappa shape index (κ1) is 20.6. The Morgan fingerprint density at radius 2 is 1.78 bits per heavy atom. The van der Waals surface area contributed by atoms with Gasteiger partial charge in [0.05, 0.1) is 20.3 Å². The monoisotopic (exact) mass is 378 g/mol. The summed E-state index contributed by atoms with van der Waals surface area (Å²) in [4.78, 5) is 14.2. The maximum Gasteiger partial charge on any atom is 0.241 e. The number of benzene rings is 2. The molecule has 0 aliphatic heterocycles. The van der Waals surface area contributed by atoms with E-state index in [9.17, 15) is 13.6 Å². The van der Waals surface area contributed by atoms with Gasteiger partial charge in [-0.2, -0.15) is 0 Å². The Morgan fingerprint density at radius 3 is 2.41 bits per heavy atom. The molecule has 0 unspecified atom stereocenters. The molecule has 0 fully saturated rings. The molecule has 27 heavy (non-hydrogen) atoms. The van der Waals surface area contributed by atoms with Gasteiger partial charge in [-0.05, 0) is 50.2 Å². The number of carbonyl (C=O) groups excluding carboxylic acids is 1. The van der Waals surface area contributed by atoms with Gasteiger partial charge in [0.15, 0.2) is 23.1 Å². The fourth-order valence-corrected chi connectivity index (χ4v) is 2.56. The largest absolute Gasteiger partial charge is 0.493 e. The number of nitrogens with one attached hydrogen (secondary N) is 1. The number of halogens is 2. The topological polar surface area (TPSA) is 50.8 Å². The second kappa shape index (κ2) is 9.32. The zero-order chi connectivity index (χ0) is 20.0. The highest BCUT2D eigenvalue weighted by Crippen LogP contribution is 2.27. The van der Waals surface area contributed by atoms with Gasteiger partial charge in [-0.1, -0.05) is 6.07 Å². The Morgan fingerprint density at radius 1 is 1.07 bits per heavy atom. The highest BCUT2D eigenvalue weighted by molar-refractivity contribution is 5.94. The number of amides is 1. The molecule has 0 radical (unpaired) electrons. The third-order valence-corrected chi connectivity index (χ3v) is 4.43. The molecular weight excluding hydrogens is 354 g/mol. The second-order valence-corrected chi connectivity index (χ2v) is 6.21. The van der Waals surface area contributed by atoms with Crippen molar-refractivity contribution in [3.8, 4) is 11.5 Å². The molecule has 0 saturated carbocycles. The molecule has 0 aliphatic carbocycles. The van der Waals surface area contributed by atoms with Crippen molar-refractivity contribution in [1.29, 1.82) is 0 Å². The lowest BCUT2D eigenvalue weighted by atomic mass is 10.1. The Bertz CT molecular complexity index is 799. The first-order valence-corrected chi connectivity index (χ1v) is 8.52. The fraction of sp³-hybridized carbons (Fsp3) is 0.350. The van der Waals surface area contributed by atoms with Crippen molar-refractivity contribution in [3.05, 3.63) is 53.6 Å². The van der Waals surface area contributed by atoms with E-state index in [1.54, 1.807) is 21.1 Å². The van der Waals surface area contributed by atoms with Crippen LogP contribution in [0.3, 0.4) is 0 Å². The molecule has 1 atom stereocenters. The predicted molar refractivity (Wildman–Crippen MR) is 100 cm³/mol. The number of rotatable bonds is 8. The van der Waals surface area contributed by atoms with Crippen molar-refractivity contribution < 1.29 is 23.0 Å². The summed E-state index contributed by atoms with van der Waals surface area (Å²) >= 11 is 0. The van der Waals surface area contributed by atoms with Gasteiger partial charge in [-0.15, -0.1) is 0 Å². The van der Waals surface area contributed by atoms with E-state index in [1.807, 2.05) is 30.1 Å². The van der Waals surface area contributed by atoms with Crippen molar-refractivity contribution in [1.82, 2.24) is 4.90 Å². The maximum atomic E-state index is 13.3. The average molecular weight is 378 g/mol. The average Bonchev–Trinajstić information content (AvgIpc) is 2.67. The Balaban J connectivity index is 1.93. The summed E-state index contributed by atoms with van der Waals surface area (Å²) < 4.78 is 36.7. The maximum absolute atomic E-state index is 13.3. The van der Waals surface area contributed by atoms with Crippen molar-refractivity contribution in [3.63, 3.8) is 0 Å². The number of ether oxygens (including phenoxy) is 2. The summed E-state index contributed by atoms with van der Waals surface area (Å²) in [6.45, 7) is 2.38. The molecule has 0 bridgehead atoms. The third kappa shape index (κ3) is 5.40. The van der Waals surface area contributed by atoms with E-state index in [0.717, 1.165) is 17.7 Å². The van der Waals surface area contributed by atoms with Gasteiger partial charge in [0.25, 0.3) is 0 Å². The molecule has 1 N–H and O–H groups in total. The lowest BCUT2D eigenvalue weighted by molar-refractivity contribution is -0.120. The van der Waals surface area contributed by atoms with E-state index < -0.39 is 17.7 Å². The van der Waals surface area contributed by atoms with E-state index in [1.165, 1.54) is 6.07 Å². The summed E-state index contributed by atoms with van der Waals surface area (Å²) in [6, 6.07) is 8.51. The molecule has 2 rings (SSSR count). The van der Waals surface area contributed by atoms with Crippen LogP contribution in [0.15, 0.2) is 36.4 Å². The molecule has 0 heterocycles. The first-order chi connectivity index (χ1) is 12.8. The SMILES string of the molecule is COc1ccc(CCN(C)[C@H](C)C(=O)Nc2ccc(F)c(F)c2)cc1OC. The Hall–Kier alpha value is -2.67. The van der Waals surface area contributed by atoms with Crippen molar-refractivity contribution >= 4 is 11.6 Å². The standard InChI is InChI=1S/C20H24F2N2O3/c1-13(20(25)23-15-6-7-16(21)17(22)12-15)24(2)10-9-14-5-8-18(26-3)19(11-14)27-4/h5-8,11-13H,9-10H2,1-4H3,(H,23,25)/t13-/m1/s1. The smallest absolute Gasteiger partial charge is 0.241 e. The van der Waals surface area contributed by atoms with Gasteiger partial charge in [0.1, 0.15) is 0 Å². The number of hydrogen-bond donors (Lipinski definition) is 1. The van der Waals surface area contributed by atoms with E-state index >= 15 is 0 Å². The highest BCUT2D eigenvalue weighted by Gasteiger charge is 2.18. The van der Waals surface area contributed by atoms with E-state index in [4.69, 9.17) is 9.47 Å². The number of carbonyl (C=O) groups is 1. The van der Waals surface area contributed by atoms with Crippen LogP contribution in [0.1, 0.15) is 12.5 Å². The van der Waals surface area contributed by atoms with Gasteiger partial charge >= 0.3 is 0 Å². The Labute approximate surface area is 157 Å². The Kier molecular flexibility index (Phi) is 7.12. The van der Waals surface area contributed by atoms with Crippen LogP contribution in [0.2, 0.25) is 0 Å². The number of nitrogens with zero attached hydrogens (tertiary/aromatic N) is 1. The minimum atomic E-state index is -0.998. The van der Waals surface area contributed by atoms with Gasteiger partial charge < -0.3 is 14.8 Å². The van der Waals surface area contributed by atoms with Gasteiger partial charge in [-0.25, -0.2) is 8.78 Å². The molecule has 5 nitrogen and oxygen atoms in total. The molecule has 146 valence electrons. The summed E-state index contributed by atoms with van der Waals surface area (Å²) in [5.74, 6) is -0.929. The molecule has 0 aromatic heterocycles. The molecule has 7 heteroatoms. The van der Waals surface area contributed by atoms with E-state index in [0.29, 0.717) is 24.5 Å². The van der Waals surface area contributed by atoms with Gasteiger partial charge in [-0.3, -0.25) is 9.69 Å². The molecule has 0 spiro atoms. The number of anilines is 1. The van der Waals surface area contributed by atoms with E-state index in [-0.39, 0.29) is 11.6 Å². The third-order valence-electron chi connectivity index (χ3n) is 4.43. The molecule has 2 aromatic carbocycles. The van der Waals surface area contributed by atoms with Crippen LogP contribution in [-0.4, -0.2) is 44.7 Å². The van der Waals surface area contributed by atoms with Crippen LogP contribution < -0.4 is 14.8 Å². The molecule has 2 aromatic rings. The quantitative estimate of drug-likeness (QED) is 0.764. The first-order valence-electron chi connectivity index (χ1n) is 8.52.